The summed E-state index contributed by atoms with van der Waals surface area (Å²) in [5, 5.41) is 16.4. The van der Waals surface area contributed by atoms with Crippen molar-refractivity contribution in [3.8, 4) is 22.9 Å². The molecule has 0 bridgehead atoms. The van der Waals surface area contributed by atoms with E-state index in [1.54, 1.807) is 0 Å². The van der Waals surface area contributed by atoms with Crippen LogP contribution in [0.15, 0.2) is 57.6 Å². The van der Waals surface area contributed by atoms with E-state index in [0.29, 0.717) is 21.8 Å². The Hall–Kier alpha value is -2.86. The molecule has 0 saturated carbocycles. The third-order valence-corrected chi connectivity index (χ3v) is 8.05. The summed E-state index contributed by atoms with van der Waals surface area (Å²) in [7, 11) is 0. The summed E-state index contributed by atoms with van der Waals surface area (Å²) in [6.07, 6.45) is 1.93. The third kappa shape index (κ3) is 7.75. The minimum absolute atomic E-state index is 0.212. The number of rotatable bonds is 8. The van der Waals surface area contributed by atoms with Gasteiger partial charge in [0, 0.05) is 73.5 Å². The van der Waals surface area contributed by atoms with Crippen molar-refractivity contribution >= 4 is 23.2 Å². The maximum Gasteiger partial charge on any atom is 0.258 e. The largest absolute Gasteiger partial charge is 0.334 e. The third-order valence-electron chi connectivity index (χ3n) is 7.58. The molecule has 0 aliphatic carbocycles. The van der Waals surface area contributed by atoms with E-state index in [4.69, 9.17) is 32.2 Å². The Bertz CT molecular complexity index is 1300. The SMILES string of the molecule is CCC(c1noc(-c2cccc(Cl)c2)n1)N1CCNCC1.CCC(c1noc(-c2cccc(Cl)c2)n1)N1CCNCC1. The summed E-state index contributed by atoms with van der Waals surface area (Å²) in [5.74, 6) is 2.57. The minimum Gasteiger partial charge on any atom is -0.334 e. The molecule has 2 aromatic carbocycles. The second-order valence-corrected chi connectivity index (χ2v) is 11.2. The van der Waals surface area contributed by atoms with Crippen molar-refractivity contribution in [3.63, 3.8) is 0 Å². The van der Waals surface area contributed by atoms with Crippen LogP contribution in [0.4, 0.5) is 0 Å². The summed E-state index contributed by atoms with van der Waals surface area (Å²) in [5.41, 5.74) is 1.72. The van der Waals surface area contributed by atoms with Crippen LogP contribution in [0.25, 0.3) is 22.9 Å². The lowest BCUT2D eigenvalue weighted by Gasteiger charge is -2.32. The number of nitrogens with one attached hydrogen (secondary N) is 2. The van der Waals surface area contributed by atoms with Crippen molar-refractivity contribution in [1.82, 2.24) is 40.7 Å². The van der Waals surface area contributed by atoms with E-state index in [1.165, 1.54) is 0 Å². The fourth-order valence-electron chi connectivity index (χ4n) is 5.41. The molecule has 0 spiro atoms. The molecule has 2 saturated heterocycles. The van der Waals surface area contributed by atoms with E-state index >= 15 is 0 Å². The highest BCUT2D eigenvalue weighted by molar-refractivity contribution is 6.31. The zero-order valence-electron chi connectivity index (χ0n) is 24.1. The highest BCUT2D eigenvalue weighted by Crippen LogP contribution is 2.28. The van der Waals surface area contributed by atoms with E-state index in [9.17, 15) is 0 Å². The molecular weight excluding hydrogens is 575 g/mol. The fraction of sp³-hybridized carbons (Fsp3) is 0.467. The molecule has 2 aliphatic rings. The van der Waals surface area contributed by atoms with E-state index < -0.39 is 0 Å². The molecule has 2 N–H and O–H groups in total. The summed E-state index contributed by atoms with van der Waals surface area (Å²) >= 11 is 12.0. The zero-order valence-corrected chi connectivity index (χ0v) is 25.6. The Morgan fingerprint density at radius 3 is 1.45 bits per heavy atom. The van der Waals surface area contributed by atoms with Gasteiger partial charge in [0.15, 0.2) is 11.6 Å². The maximum atomic E-state index is 6.01. The second kappa shape index (κ2) is 15.0. The molecule has 0 amide bonds. The number of hydrogen-bond donors (Lipinski definition) is 2. The van der Waals surface area contributed by atoms with Gasteiger partial charge in [0.05, 0.1) is 12.1 Å². The Morgan fingerprint density at radius 1 is 0.690 bits per heavy atom. The Morgan fingerprint density at radius 2 is 1.10 bits per heavy atom. The number of hydrogen-bond acceptors (Lipinski definition) is 10. The van der Waals surface area contributed by atoms with Crippen molar-refractivity contribution in [3.05, 3.63) is 70.2 Å². The van der Waals surface area contributed by atoms with Crippen LogP contribution in [0.2, 0.25) is 10.0 Å². The van der Waals surface area contributed by atoms with Crippen molar-refractivity contribution in [2.45, 2.75) is 38.8 Å². The van der Waals surface area contributed by atoms with Gasteiger partial charge >= 0.3 is 0 Å². The van der Waals surface area contributed by atoms with Crippen LogP contribution in [0, 0.1) is 0 Å². The summed E-state index contributed by atoms with van der Waals surface area (Å²) in [4.78, 5) is 14.0. The standard InChI is InChI=1S/2C15H19ClN4O/c2*1-2-13(20-8-6-17-7-9-20)14-18-15(21-19-14)11-4-3-5-12(16)10-11/h2*3-5,10,13,17H,2,6-9H2,1H3. The van der Waals surface area contributed by atoms with Crippen LogP contribution in [0.3, 0.4) is 0 Å². The zero-order chi connectivity index (χ0) is 29.3. The molecule has 4 aromatic rings. The number of aromatic nitrogens is 4. The molecule has 224 valence electrons. The molecule has 2 atom stereocenters. The Kier molecular flexibility index (Phi) is 11.0. The molecule has 12 heteroatoms. The molecule has 6 rings (SSSR count). The summed E-state index contributed by atoms with van der Waals surface area (Å²) in [6, 6.07) is 15.4. The van der Waals surface area contributed by atoms with Crippen LogP contribution in [-0.2, 0) is 0 Å². The van der Waals surface area contributed by atoms with Crippen LogP contribution in [0.1, 0.15) is 50.4 Å². The minimum atomic E-state index is 0.212. The van der Waals surface area contributed by atoms with Crippen molar-refractivity contribution < 1.29 is 9.05 Å². The number of halogens is 2. The van der Waals surface area contributed by atoms with E-state index in [2.05, 4.69) is 54.6 Å². The van der Waals surface area contributed by atoms with Crippen LogP contribution >= 0.6 is 23.2 Å². The average Bonchev–Trinajstić information content (AvgIpc) is 3.71. The topological polar surface area (TPSA) is 108 Å². The summed E-state index contributed by atoms with van der Waals surface area (Å²) in [6.45, 7) is 12.4. The van der Waals surface area contributed by atoms with Crippen LogP contribution in [0.5, 0.6) is 0 Å². The van der Waals surface area contributed by atoms with E-state index in [1.807, 2.05) is 48.5 Å². The first-order valence-corrected chi connectivity index (χ1v) is 15.4. The van der Waals surface area contributed by atoms with Crippen molar-refractivity contribution in [1.29, 1.82) is 0 Å². The van der Waals surface area contributed by atoms with Crippen LogP contribution < -0.4 is 10.6 Å². The highest BCUT2D eigenvalue weighted by atomic mass is 35.5. The first-order chi connectivity index (χ1) is 20.6. The predicted molar refractivity (Wildman–Crippen MR) is 164 cm³/mol. The van der Waals surface area contributed by atoms with Gasteiger partial charge in [-0.2, -0.15) is 9.97 Å². The monoisotopic (exact) mass is 612 g/mol. The van der Waals surface area contributed by atoms with Gasteiger partial charge in [-0.3, -0.25) is 9.80 Å². The Balaban J connectivity index is 0.000000168. The first kappa shape index (κ1) is 30.6. The molecule has 10 nitrogen and oxygen atoms in total. The van der Waals surface area contributed by atoms with Gasteiger partial charge in [0.25, 0.3) is 11.8 Å². The lowest BCUT2D eigenvalue weighted by atomic mass is 10.1. The lowest BCUT2D eigenvalue weighted by Crippen LogP contribution is -2.45. The van der Waals surface area contributed by atoms with Crippen molar-refractivity contribution in [2.75, 3.05) is 52.4 Å². The van der Waals surface area contributed by atoms with Gasteiger partial charge in [-0.15, -0.1) is 0 Å². The van der Waals surface area contributed by atoms with Gasteiger partial charge < -0.3 is 19.7 Å². The molecule has 42 heavy (non-hydrogen) atoms. The molecule has 2 aromatic heterocycles. The van der Waals surface area contributed by atoms with Crippen LogP contribution in [-0.4, -0.2) is 82.4 Å². The fourth-order valence-corrected chi connectivity index (χ4v) is 5.79. The number of benzene rings is 2. The van der Waals surface area contributed by atoms with Gasteiger partial charge in [0.2, 0.25) is 0 Å². The second-order valence-electron chi connectivity index (χ2n) is 10.4. The first-order valence-electron chi connectivity index (χ1n) is 14.6. The molecule has 2 aliphatic heterocycles. The van der Waals surface area contributed by atoms with Gasteiger partial charge in [-0.05, 0) is 49.2 Å². The smallest absolute Gasteiger partial charge is 0.258 e. The number of nitrogens with zero attached hydrogens (tertiary/aromatic N) is 6. The van der Waals surface area contributed by atoms with Gasteiger partial charge in [-0.1, -0.05) is 59.5 Å². The quantitative estimate of drug-likeness (QED) is 0.265. The van der Waals surface area contributed by atoms with Gasteiger partial charge in [0.1, 0.15) is 0 Å². The molecule has 2 unspecified atom stereocenters. The van der Waals surface area contributed by atoms with E-state index in [0.717, 1.165) is 88.0 Å². The molecule has 2 fully saturated rings. The number of piperazine rings is 2. The average molecular weight is 614 g/mol. The normalized spacial score (nSPS) is 17.8. The maximum absolute atomic E-state index is 6.01. The Labute approximate surface area is 256 Å². The molecule has 0 radical (unpaired) electrons. The molecule has 4 heterocycles. The molecular formula is C30H38Cl2N8O2. The van der Waals surface area contributed by atoms with Crippen molar-refractivity contribution in [2.24, 2.45) is 0 Å². The summed E-state index contributed by atoms with van der Waals surface area (Å²) < 4.78 is 10.8. The van der Waals surface area contributed by atoms with E-state index in [-0.39, 0.29) is 12.1 Å². The highest BCUT2D eigenvalue weighted by Gasteiger charge is 2.26. The lowest BCUT2D eigenvalue weighted by molar-refractivity contribution is 0.160. The predicted octanol–water partition coefficient (Wildman–Crippen LogP) is 5.49. The van der Waals surface area contributed by atoms with Gasteiger partial charge in [-0.25, -0.2) is 0 Å².